The van der Waals surface area contributed by atoms with Crippen LogP contribution in [-0.2, 0) is 22.5 Å². The van der Waals surface area contributed by atoms with Gasteiger partial charge >= 0.3 is 5.09 Å². The maximum atomic E-state index is 12.1. The Hall–Kier alpha value is -4.20. The zero-order valence-electron chi connectivity index (χ0n) is 30.5. The summed E-state index contributed by atoms with van der Waals surface area (Å²) in [6.45, 7) is 17.2. The topological polar surface area (TPSA) is 119 Å². The van der Waals surface area contributed by atoms with Crippen LogP contribution in [0.1, 0.15) is 126 Å². The van der Waals surface area contributed by atoms with Crippen molar-refractivity contribution in [3.63, 3.8) is 0 Å². The molecule has 50 heavy (non-hydrogen) atoms. The number of aryl methyl sites for hydroxylation is 2. The van der Waals surface area contributed by atoms with E-state index in [-0.39, 0.29) is 65.0 Å². The van der Waals surface area contributed by atoms with Gasteiger partial charge < -0.3 is 20.4 Å². The fraction of sp³-hybridized carbons (Fsp3) is 0.524. The normalized spacial score (nSPS) is 20.5. The van der Waals surface area contributed by atoms with E-state index in [9.17, 15) is 25.3 Å². The molecule has 2 aromatic carbocycles. The molecule has 0 aromatic heterocycles. The molecule has 2 aromatic rings. The van der Waals surface area contributed by atoms with E-state index < -0.39 is 0 Å². The average Bonchev–Trinajstić information content (AvgIpc) is 3.03. The van der Waals surface area contributed by atoms with Crippen molar-refractivity contribution in [1.29, 1.82) is 0 Å². The van der Waals surface area contributed by atoms with Gasteiger partial charge in [0.2, 0.25) is 0 Å². The molecule has 0 saturated heterocycles. The Labute approximate surface area is 298 Å². The molecule has 4 rings (SSSR count). The maximum Gasteiger partial charge on any atom is 0.477 e. The van der Waals surface area contributed by atoms with Gasteiger partial charge in [-0.2, -0.15) is 9.68 Å². The predicted octanol–water partition coefficient (Wildman–Crippen LogP) is 10.3. The quantitative estimate of drug-likeness (QED) is 0.0699. The van der Waals surface area contributed by atoms with Gasteiger partial charge in [-0.05, 0) is 140 Å². The number of benzene rings is 2. The van der Waals surface area contributed by atoms with Gasteiger partial charge in [-0.3, -0.25) is 0 Å². The van der Waals surface area contributed by atoms with E-state index in [1.165, 1.54) is 23.3 Å². The summed E-state index contributed by atoms with van der Waals surface area (Å²) in [5.41, 5.74) is 8.42. The van der Waals surface area contributed by atoms with Gasteiger partial charge in [0.15, 0.2) is 13.2 Å². The monoisotopic (exact) mass is 688 g/mol. The molecule has 0 amide bonds. The number of allylic oxidation sites excluding steroid dienone is 6. The summed E-state index contributed by atoms with van der Waals surface area (Å²) in [7, 11) is 0. The van der Waals surface area contributed by atoms with Gasteiger partial charge in [-0.25, -0.2) is 0 Å². The van der Waals surface area contributed by atoms with Crippen molar-refractivity contribution in [2.24, 2.45) is 11.8 Å². The van der Waals surface area contributed by atoms with E-state index in [1.807, 2.05) is 13.8 Å². The van der Waals surface area contributed by atoms with E-state index >= 15 is 0 Å². The third-order valence-electron chi connectivity index (χ3n) is 10.5. The molecule has 2 aliphatic rings. The molecule has 0 spiro atoms. The highest BCUT2D eigenvalue weighted by atomic mass is 17.0. The Bertz CT molecular complexity index is 1470. The number of unbranched alkanes of at least 4 members (excludes halogenated alkanes) is 4. The SMILES string of the molecule is C=C(C)[C@@H]1CCC(C)=C[C@H]1c1c(O)cc(O)cc1CCCCCO[N+](=O)OCCCCCc1cc(O)cc(O)c1[C@@H]1C=C(C)CC[C@H]1C(=C)C. The van der Waals surface area contributed by atoms with Gasteiger partial charge in [0.25, 0.3) is 0 Å². The van der Waals surface area contributed by atoms with Gasteiger partial charge in [-0.1, -0.05) is 47.6 Å². The van der Waals surface area contributed by atoms with Crippen LogP contribution in [0.25, 0.3) is 0 Å². The molecule has 0 bridgehead atoms. The van der Waals surface area contributed by atoms with Crippen LogP contribution in [-0.4, -0.2) is 38.7 Å². The highest BCUT2D eigenvalue weighted by molar-refractivity contribution is 5.51. The van der Waals surface area contributed by atoms with Gasteiger partial charge in [-0.15, -0.1) is 0 Å². The summed E-state index contributed by atoms with van der Waals surface area (Å²) in [5.74, 6) is 0.900. The number of nitrogens with zero attached hydrogens (tertiary/aromatic N) is 1. The summed E-state index contributed by atoms with van der Waals surface area (Å²) in [4.78, 5) is 22.5. The highest BCUT2D eigenvalue weighted by Gasteiger charge is 2.31. The molecule has 8 nitrogen and oxygen atoms in total. The zero-order chi connectivity index (χ0) is 36.4. The largest absolute Gasteiger partial charge is 0.508 e. The Morgan fingerprint density at radius 3 is 1.46 bits per heavy atom. The molecule has 0 heterocycles. The number of hydrogen-bond donors (Lipinski definition) is 4. The molecular weight excluding hydrogens is 630 g/mol. The second-order valence-electron chi connectivity index (χ2n) is 14.6. The summed E-state index contributed by atoms with van der Waals surface area (Å²) in [6, 6.07) is 6.36. The number of aromatic hydroxyl groups is 4. The Kier molecular flexibility index (Phi) is 14.0. The maximum absolute atomic E-state index is 12.1. The van der Waals surface area contributed by atoms with Crippen LogP contribution in [0, 0.1) is 16.7 Å². The van der Waals surface area contributed by atoms with E-state index in [0.29, 0.717) is 25.7 Å². The molecule has 0 fully saturated rings. The smallest absolute Gasteiger partial charge is 0.477 e. The van der Waals surface area contributed by atoms with Gasteiger partial charge in [0.05, 0.1) is 0 Å². The first-order valence-corrected chi connectivity index (χ1v) is 18.3. The lowest BCUT2D eigenvalue weighted by Crippen LogP contribution is -2.18. The van der Waals surface area contributed by atoms with Crippen molar-refractivity contribution < 1.29 is 35.2 Å². The highest BCUT2D eigenvalue weighted by Crippen LogP contribution is 2.47. The standard InChI is InChI=1S/C42H57NO7/c1-27(2)35-17-15-29(5)21-37(35)41-31(23-33(44)25-39(41)46)13-9-7-11-19-49-43(48)50-20-12-8-10-14-32-24-34(45)26-40(47)42(32)38-22-30(6)16-18-36(38)28(3)4/h21-26,35-38H,1,3,7-20H2,2,4-6H3,(H3-,44,45,46,47)/p+1/t35-,36-,37+,38+/m0/s1. The molecule has 8 heteroatoms. The molecule has 0 aliphatic heterocycles. The van der Waals surface area contributed by atoms with E-state index in [2.05, 4.69) is 39.2 Å². The molecular formula is C42H58NO7+. The Morgan fingerprint density at radius 1 is 0.680 bits per heavy atom. The molecule has 2 aliphatic carbocycles. The van der Waals surface area contributed by atoms with E-state index in [1.54, 1.807) is 12.1 Å². The number of rotatable bonds is 18. The molecule has 0 radical (unpaired) electrons. The van der Waals surface area contributed by atoms with E-state index in [4.69, 9.17) is 9.68 Å². The lowest BCUT2D eigenvalue weighted by atomic mass is 9.72. The van der Waals surface area contributed by atoms with Crippen molar-refractivity contribution in [3.8, 4) is 23.0 Å². The van der Waals surface area contributed by atoms with Crippen molar-refractivity contribution in [1.82, 2.24) is 0 Å². The predicted molar refractivity (Wildman–Crippen MR) is 198 cm³/mol. The second-order valence-corrected chi connectivity index (χ2v) is 14.6. The van der Waals surface area contributed by atoms with Crippen molar-refractivity contribution in [3.05, 3.63) is 99.0 Å². The van der Waals surface area contributed by atoms with Crippen LogP contribution < -0.4 is 0 Å². The summed E-state index contributed by atoms with van der Waals surface area (Å²) >= 11 is 0. The third kappa shape index (κ3) is 10.4. The fourth-order valence-corrected chi connectivity index (χ4v) is 7.86. The lowest BCUT2D eigenvalue weighted by Gasteiger charge is -2.32. The van der Waals surface area contributed by atoms with Gasteiger partial charge in [0, 0.05) is 35.1 Å². The fourth-order valence-electron chi connectivity index (χ4n) is 7.86. The molecule has 272 valence electrons. The first kappa shape index (κ1) is 38.6. The summed E-state index contributed by atoms with van der Waals surface area (Å²) in [5, 5.41) is 42.4. The lowest BCUT2D eigenvalue weighted by molar-refractivity contribution is -0.981. The molecule has 4 N–H and O–H groups in total. The first-order chi connectivity index (χ1) is 23.8. The van der Waals surface area contributed by atoms with Crippen molar-refractivity contribution in [2.45, 2.75) is 117 Å². The van der Waals surface area contributed by atoms with Crippen LogP contribution in [0.4, 0.5) is 0 Å². The zero-order valence-corrected chi connectivity index (χ0v) is 30.5. The Balaban J connectivity index is 1.17. The summed E-state index contributed by atoms with van der Waals surface area (Å²) < 4.78 is 0. The number of phenolic OH excluding ortho intramolecular Hbond substituents is 4. The Morgan fingerprint density at radius 2 is 1.08 bits per heavy atom. The minimum absolute atomic E-state index is 0.0293. The van der Waals surface area contributed by atoms with E-state index in [0.717, 1.165) is 84.8 Å². The van der Waals surface area contributed by atoms with Crippen LogP contribution >= 0.6 is 0 Å². The van der Waals surface area contributed by atoms with Crippen molar-refractivity contribution >= 4 is 0 Å². The average molecular weight is 689 g/mol. The molecule has 0 saturated carbocycles. The van der Waals surface area contributed by atoms with Crippen LogP contribution in [0.3, 0.4) is 0 Å². The van der Waals surface area contributed by atoms with Crippen LogP contribution in [0.2, 0.25) is 0 Å². The van der Waals surface area contributed by atoms with Gasteiger partial charge in [0.1, 0.15) is 27.9 Å². The van der Waals surface area contributed by atoms with Crippen LogP contribution in [0.15, 0.2) is 71.9 Å². The number of hydrogen-bond acceptors (Lipinski definition) is 7. The minimum atomic E-state index is 0.0293. The minimum Gasteiger partial charge on any atom is -0.508 e. The number of phenols is 4. The molecule has 4 atom stereocenters. The second kappa shape index (κ2) is 18.2. The van der Waals surface area contributed by atoms with Crippen molar-refractivity contribution in [2.75, 3.05) is 13.2 Å². The summed E-state index contributed by atoms with van der Waals surface area (Å²) in [6.07, 6.45) is 14.5. The third-order valence-corrected chi connectivity index (χ3v) is 10.5. The molecule has 0 unspecified atom stereocenters. The van der Waals surface area contributed by atoms with Crippen LogP contribution in [0.5, 0.6) is 23.0 Å². The first-order valence-electron chi connectivity index (χ1n) is 18.3.